The lowest BCUT2D eigenvalue weighted by atomic mass is 9.89. The Morgan fingerprint density at radius 2 is 1.94 bits per heavy atom. The highest BCUT2D eigenvalue weighted by atomic mass is 32.1. The average Bonchev–Trinajstić information content (AvgIpc) is 3.40. The molecule has 1 aromatic carbocycles. The Morgan fingerprint density at radius 3 is 2.60 bits per heavy atom. The van der Waals surface area contributed by atoms with E-state index < -0.39 is 34.4 Å². The van der Waals surface area contributed by atoms with Gasteiger partial charge in [0.15, 0.2) is 16.5 Å². The van der Waals surface area contributed by atoms with Gasteiger partial charge in [-0.1, -0.05) is 31.3 Å². The number of rotatable bonds is 3. The summed E-state index contributed by atoms with van der Waals surface area (Å²) in [7, 11) is 3.55. The van der Waals surface area contributed by atoms with Gasteiger partial charge in [0.1, 0.15) is 22.3 Å². The second-order valence-electron chi connectivity index (χ2n) is 9.40. The van der Waals surface area contributed by atoms with Crippen molar-refractivity contribution in [3.63, 3.8) is 0 Å². The summed E-state index contributed by atoms with van der Waals surface area (Å²) in [4.78, 5) is 28.1. The van der Waals surface area contributed by atoms with Crippen LogP contribution in [0.4, 0.5) is 8.78 Å². The van der Waals surface area contributed by atoms with Crippen LogP contribution >= 0.6 is 11.3 Å². The first-order chi connectivity index (χ1) is 16.6. The van der Waals surface area contributed by atoms with E-state index in [1.54, 1.807) is 16.6 Å². The van der Waals surface area contributed by atoms with Gasteiger partial charge in [-0.3, -0.25) is 19.3 Å². The maximum absolute atomic E-state index is 14.1. The Bertz CT molecular complexity index is 1410. The number of carbonyl (C=O) groups excluding carboxylic acids is 1. The van der Waals surface area contributed by atoms with Gasteiger partial charge in [-0.2, -0.15) is 0 Å². The molecule has 0 saturated heterocycles. The van der Waals surface area contributed by atoms with Crippen LogP contribution < -0.4 is 10.4 Å². The van der Waals surface area contributed by atoms with Crippen LogP contribution in [0.5, 0.6) is 5.75 Å². The molecule has 3 atom stereocenters. The summed E-state index contributed by atoms with van der Waals surface area (Å²) in [6, 6.07) is 3.31. The molecule has 0 bridgehead atoms. The summed E-state index contributed by atoms with van der Waals surface area (Å²) in [5.74, 6) is -1.90. The van der Waals surface area contributed by atoms with Gasteiger partial charge < -0.3 is 10.0 Å². The molecule has 8 nitrogen and oxygen atoms in total. The van der Waals surface area contributed by atoms with Crippen LogP contribution in [-0.2, 0) is 6.42 Å². The number of pyridine rings is 1. The molecular weight excluding hydrogens is 476 g/mol. The van der Waals surface area contributed by atoms with Crippen LogP contribution in [0.2, 0.25) is 0 Å². The van der Waals surface area contributed by atoms with Crippen LogP contribution in [0, 0.1) is 23.5 Å². The molecular formula is C24H25F2N5O3S. The van der Waals surface area contributed by atoms with Crippen molar-refractivity contribution in [1.29, 1.82) is 0 Å². The number of nitrogens with zero attached hydrogens (tertiary/aromatic N) is 5. The van der Waals surface area contributed by atoms with E-state index in [9.17, 15) is 23.5 Å². The van der Waals surface area contributed by atoms with E-state index in [1.807, 2.05) is 12.1 Å². The zero-order chi connectivity index (χ0) is 25.2. The van der Waals surface area contributed by atoms with Gasteiger partial charge in [0.25, 0.3) is 5.91 Å². The Balaban J connectivity index is 1.58. The summed E-state index contributed by atoms with van der Waals surface area (Å²) < 4.78 is 28.8. The number of carbonyl (C=O) groups is 1. The van der Waals surface area contributed by atoms with E-state index in [0.29, 0.717) is 10.9 Å². The molecule has 1 N–H and O–H groups in total. The van der Waals surface area contributed by atoms with E-state index in [2.05, 4.69) is 24.0 Å². The minimum absolute atomic E-state index is 0.0731. The molecule has 5 rings (SSSR count). The average molecular weight is 502 g/mol. The minimum atomic E-state index is -0.731. The molecule has 1 aliphatic carbocycles. The van der Waals surface area contributed by atoms with Crippen LogP contribution in [0.25, 0.3) is 10.6 Å². The van der Waals surface area contributed by atoms with E-state index in [-0.39, 0.29) is 34.2 Å². The molecule has 1 saturated carbocycles. The standard InChI is InChI=1S/C24H25F2N5O3S/c1-12-7-8-24(13(12)2)29(3)23(34)19-21(33)20(32)16(11-31(19)30(24)4)22-28-27-18(35-22)9-14-5-6-15(25)10-17(14)26/h5-6,10-13,33H,7-9H2,1-4H3/t12-,13-,24?/m0/s1. The molecule has 1 fully saturated rings. The van der Waals surface area contributed by atoms with Crippen molar-refractivity contribution in [3.8, 4) is 16.3 Å². The fourth-order valence-corrected chi connectivity index (χ4v) is 6.35. The van der Waals surface area contributed by atoms with E-state index in [4.69, 9.17) is 0 Å². The van der Waals surface area contributed by atoms with Gasteiger partial charge in [-0.25, -0.2) is 8.78 Å². The predicted molar refractivity (Wildman–Crippen MR) is 127 cm³/mol. The van der Waals surface area contributed by atoms with E-state index >= 15 is 0 Å². The van der Waals surface area contributed by atoms with E-state index in [1.165, 1.54) is 18.3 Å². The fraction of sp³-hybridized carbons (Fsp3) is 0.417. The number of halogens is 2. The van der Waals surface area contributed by atoms with Crippen molar-refractivity contribution in [2.45, 2.75) is 38.8 Å². The van der Waals surface area contributed by atoms with Crippen molar-refractivity contribution < 1.29 is 18.7 Å². The molecule has 2 aromatic heterocycles. The van der Waals surface area contributed by atoms with Crippen LogP contribution in [0.1, 0.15) is 47.7 Å². The minimum Gasteiger partial charge on any atom is -0.502 e. The third-order valence-electron chi connectivity index (χ3n) is 7.74. The first-order valence-corrected chi connectivity index (χ1v) is 12.2. The number of aromatic nitrogens is 3. The lowest BCUT2D eigenvalue weighted by Gasteiger charge is -2.54. The molecule has 1 spiro atoms. The Hall–Kier alpha value is -3.34. The molecule has 11 heteroatoms. The van der Waals surface area contributed by atoms with E-state index in [0.717, 1.165) is 30.2 Å². The number of hydrogen-bond donors (Lipinski definition) is 1. The maximum Gasteiger partial charge on any atom is 0.278 e. The van der Waals surface area contributed by atoms with Crippen LogP contribution in [0.3, 0.4) is 0 Å². The number of amides is 1. The fourth-order valence-electron chi connectivity index (χ4n) is 5.48. The van der Waals surface area contributed by atoms with Gasteiger partial charge >= 0.3 is 0 Å². The van der Waals surface area contributed by atoms with Gasteiger partial charge in [-0.05, 0) is 30.4 Å². The quantitative estimate of drug-likeness (QED) is 0.592. The van der Waals surface area contributed by atoms with Crippen LogP contribution in [-0.4, -0.2) is 50.5 Å². The SMILES string of the molecule is C[C@H]1CCC2([C@H]1C)N(C)C(=O)c1c(O)c(=O)c(-c3nnc(Cc4ccc(F)cc4F)s3)cn1N2C. The molecule has 2 aliphatic rings. The first-order valence-electron chi connectivity index (χ1n) is 11.3. The summed E-state index contributed by atoms with van der Waals surface area (Å²) in [5.41, 5.74) is -1.09. The zero-order valence-electron chi connectivity index (χ0n) is 19.7. The number of hydrogen-bond acceptors (Lipinski definition) is 7. The second-order valence-corrected chi connectivity index (χ2v) is 10.5. The summed E-state index contributed by atoms with van der Waals surface area (Å²) in [6.07, 6.45) is 3.28. The lowest BCUT2D eigenvalue weighted by molar-refractivity contribution is 0.0231. The monoisotopic (exact) mass is 501 g/mol. The molecule has 0 radical (unpaired) electrons. The molecule has 1 amide bonds. The van der Waals surface area contributed by atoms with Crippen molar-refractivity contribution in [3.05, 3.63) is 62.5 Å². The number of aromatic hydroxyl groups is 1. The molecule has 3 aromatic rings. The smallest absolute Gasteiger partial charge is 0.278 e. The van der Waals surface area contributed by atoms with Gasteiger partial charge in [0.05, 0.1) is 5.56 Å². The third-order valence-corrected chi connectivity index (χ3v) is 8.70. The molecule has 35 heavy (non-hydrogen) atoms. The Labute approximate surface area is 204 Å². The largest absolute Gasteiger partial charge is 0.502 e. The first kappa shape index (κ1) is 23.4. The highest BCUT2D eigenvalue weighted by Gasteiger charge is 2.55. The van der Waals surface area contributed by atoms with Crippen molar-refractivity contribution in [2.24, 2.45) is 11.8 Å². The predicted octanol–water partition coefficient (Wildman–Crippen LogP) is 3.36. The molecule has 1 aliphatic heterocycles. The van der Waals surface area contributed by atoms with Crippen molar-refractivity contribution in [1.82, 2.24) is 19.8 Å². The maximum atomic E-state index is 14.1. The summed E-state index contributed by atoms with van der Waals surface area (Å²) in [5, 5.41) is 21.5. The number of fused-ring (bicyclic) bond motifs is 1. The Kier molecular flexibility index (Phi) is 5.42. The second kappa shape index (κ2) is 8.11. The highest BCUT2D eigenvalue weighted by molar-refractivity contribution is 7.14. The molecule has 1 unspecified atom stereocenters. The number of benzene rings is 1. The summed E-state index contributed by atoms with van der Waals surface area (Å²) >= 11 is 1.07. The third kappa shape index (κ3) is 3.35. The normalized spacial score (nSPS) is 23.9. The lowest BCUT2D eigenvalue weighted by Crippen LogP contribution is -2.69. The topological polar surface area (TPSA) is 91.6 Å². The van der Waals surface area contributed by atoms with Crippen molar-refractivity contribution >= 4 is 17.2 Å². The molecule has 184 valence electrons. The van der Waals surface area contributed by atoms with Gasteiger partial charge in [0, 0.05) is 38.7 Å². The summed E-state index contributed by atoms with van der Waals surface area (Å²) in [6.45, 7) is 4.26. The van der Waals surface area contributed by atoms with Crippen molar-refractivity contribution in [2.75, 3.05) is 19.1 Å². The Morgan fingerprint density at radius 1 is 1.20 bits per heavy atom. The van der Waals surface area contributed by atoms with Gasteiger partial charge in [-0.15, -0.1) is 10.2 Å². The molecule has 3 heterocycles. The van der Waals surface area contributed by atoms with Crippen LogP contribution in [0.15, 0.2) is 29.2 Å². The van der Waals surface area contributed by atoms with Gasteiger partial charge in [0.2, 0.25) is 5.43 Å². The highest BCUT2D eigenvalue weighted by Crippen LogP contribution is 2.47. The zero-order valence-corrected chi connectivity index (χ0v) is 20.6.